The monoisotopic (exact) mass is 271 g/mol. The molecule has 3 heteroatoms. The summed E-state index contributed by atoms with van der Waals surface area (Å²) in [4.78, 5) is 4.37. The third-order valence-electron chi connectivity index (χ3n) is 3.93. The van der Waals surface area contributed by atoms with Gasteiger partial charge in [-0.1, -0.05) is 38.1 Å². The molecule has 0 aliphatic carbocycles. The first kappa shape index (κ1) is 14.8. The Bertz CT molecular complexity index is 571. The summed E-state index contributed by atoms with van der Waals surface area (Å²) in [5.41, 5.74) is 9.63. The summed E-state index contributed by atoms with van der Waals surface area (Å²) in [6, 6.07) is 8.42. The van der Waals surface area contributed by atoms with Crippen LogP contribution in [0.2, 0.25) is 0 Å². The Kier molecular flexibility index (Phi) is 4.29. The van der Waals surface area contributed by atoms with Gasteiger partial charge in [0.15, 0.2) is 0 Å². The number of hydrogen-bond donors (Lipinski definition) is 1. The maximum Gasteiger partial charge on any atom is 0.0956 e. The highest BCUT2D eigenvalue weighted by Crippen LogP contribution is 2.31. The van der Waals surface area contributed by atoms with Gasteiger partial charge in [0.05, 0.1) is 23.8 Å². The first-order valence-electron chi connectivity index (χ1n) is 7.27. The van der Waals surface area contributed by atoms with Crippen molar-refractivity contribution in [2.24, 2.45) is 11.7 Å². The Morgan fingerprint density at radius 3 is 2.60 bits per heavy atom. The van der Waals surface area contributed by atoms with Crippen LogP contribution >= 0.6 is 0 Å². The van der Waals surface area contributed by atoms with E-state index in [1.807, 2.05) is 12.5 Å². The Labute approximate surface area is 121 Å². The fraction of sp³-hybridized carbons (Fsp3) is 0.471. The maximum absolute atomic E-state index is 6.08. The van der Waals surface area contributed by atoms with Gasteiger partial charge in [-0.3, -0.25) is 0 Å². The molecular weight excluding hydrogens is 246 g/mol. The van der Waals surface area contributed by atoms with Gasteiger partial charge in [0, 0.05) is 12.1 Å². The van der Waals surface area contributed by atoms with Crippen LogP contribution < -0.4 is 5.73 Å². The molecule has 1 aromatic carbocycles. The summed E-state index contributed by atoms with van der Waals surface area (Å²) in [7, 11) is 0. The van der Waals surface area contributed by atoms with Gasteiger partial charge in [0.25, 0.3) is 0 Å². The minimum atomic E-state index is -0.0950. The van der Waals surface area contributed by atoms with E-state index < -0.39 is 0 Å². The predicted octanol–water partition coefficient (Wildman–Crippen LogP) is 3.58. The molecule has 0 saturated carbocycles. The van der Waals surface area contributed by atoms with E-state index in [0.717, 1.165) is 12.1 Å². The highest BCUT2D eigenvalue weighted by atomic mass is 15.1. The Hall–Kier alpha value is -1.61. The molecule has 0 aliphatic heterocycles. The molecule has 0 bridgehead atoms. The van der Waals surface area contributed by atoms with Crippen molar-refractivity contribution in [2.45, 2.75) is 39.7 Å². The van der Waals surface area contributed by atoms with Crippen LogP contribution in [0.4, 0.5) is 0 Å². The molecule has 0 fully saturated rings. The molecule has 0 radical (unpaired) electrons. The van der Waals surface area contributed by atoms with Gasteiger partial charge in [0.1, 0.15) is 0 Å². The number of imidazole rings is 1. The number of nitrogens with zero attached hydrogens (tertiary/aromatic N) is 2. The van der Waals surface area contributed by atoms with Gasteiger partial charge in [-0.25, -0.2) is 4.98 Å². The van der Waals surface area contributed by atoms with Gasteiger partial charge in [-0.05, 0) is 31.7 Å². The lowest BCUT2D eigenvalue weighted by Gasteiger charge is -2.33. The molecule has 20 heavy (non-hydrogen) atoms. The van der Waals surface area contributed by atoms with Crippen molar-refractivity contribution < 1.29 is 0 Å². The fourth-order valence-corrected chi connectivity index (χ4v) is 2.94. The fourth-order valence-electron chi connectivity index (χ4n) is 2.94. The van der Waals surface area contributed by atoms with E-state index in [4.69, 9.17) is 5.73 Å². The Morgan fingerprint density at radius 1 is 1.30 bits per heavy atom. The molecule has 1 heterocycles. The lowest BCUT2D eigenvalue weighted by Crippen LogP contribution is -2.39. The zero-order valence-corrected chi connectivity index (χ0v) is 12.9. The number of aromatic nitrogens is 2. The smallest absolute Gasteiger partial charge is 0.0956 e. The summed E-state index contributed by atoms with van der Waals surface area (Å²) in [6.07, 6.45) is 4.90. The van der Waals surface area contributed by atoms with Gasteiger partial charge in [-0.2, -0.15) is 0 Å². The van der Waals surface area contributed by atoms with E-state index in [1.165, 1.54) is 11.1 Å². The molecule has 108 valence electrons. The van der Waals surface area contributed by atoms with Gasteiger partial charge in [0.2, 0.25) is 0 Å². The van der Waals surface area contributed by atoms with Crippen molar-refractivity contribution in [2.75, 3.05) is 6.54 Å². The summed E-state index contributed by atoms with van der Waals surface area (Å²) < 4.78 is 2.25. The molecule has 0 saturated heterocycles. The quantitative estimate of drug-likeness (QED) is 0.903. The largest absolute Gasteiger partial charge is 0.328 e. The number of nitrogens with two attached hydrogens (primary N) is 1. The zero-order valence-electron chi connectivity index (χ0n) is 12.9. The van der Waals surface area contributed by atoms with E-state index >= 15 is 0 Å². The molecule has 2 N–H and O–H groups in total. The molecule has 1 unspecified atom stereocenters. The van der Waals surface area contributed by atoms with Crippen LogP contribution in [0.25, 0.3) is 11.3 Å². The minimum Gasteiger partial charge on any atom is -0.328 e. The van der Waals surface area contributed by atoms with Crippen molar-refractivity contribution >= 4 is 0 Å². The molecule has 2 rings (SSSR count). The first-order chi connectivity index (χ1) is 9.48. The van der Waals surface area contributed by atoms with Crippen LogP contribution in [0.3, 0.4) is 0 Å². The van der Waals surface area contributed by atoms with E-state index in [-0.39, 0.29) is 5.54 Å². The summed E-state index contributed by atoms with van der Waals surface area (Å²) >= 11 is 0. The van der Waals surface area contributed by atoms with E-state index in [1.54, 1.807) is 0 Å². The van der Waals surface area contributed by atoms with E-state index in [2.05, 4.69) is 61.5 Å². The van der Waals surface area contributed by atoms with Crippen molar-refractivity contribution in [1.82, 2.24) is 9.55 Å². The topological polar surface area (TPSA) is 43.8 Å². The van der Waals surface area contributed by atoms with Crippen LogP contribution in [0.15, 0.2) is 36.8 Å². The maximum atomic E-state index is 6.08. The molecule has 0 aliphatic rings. The molecular formula is C17H25N3. The molecule has 1 aromatic heterocycles. The standard InChI is InChI=1S/C17H25N3/c1-13(2)9-17(4,11-18)20-12-19-10-16(20)15-8-6-5-7-14(15)3/h5-8,10,12-13H,9,11,18H2,1-4H3. The predicted molar refractivity (Wildman–Crippen MR) is 84.6 cm³/mol. The van der Waals surface area contributed by atoms with Crippen LogP contribution in [-0.4, -0.2) is 16.1 Å². The highest BCUT2D eigenvalue weighted by Gasteiger charge is 2.28. The number of benzene rings is 1. The highest BCUT2D eigenvalue weighted by molar-refractivity contribution is 5.63. The third-order valence-corrected chi connectivity index (χ3v) is 3.93. The zero-order chi connectivity index (χ0) is 14.8. The second-order valence-electron chi connectivity index (χ2n) is 6.26. The lowest BCUT2D eigenvalue weighted by atomic mass is 9.89. The second kappa shape index (κ2) is 5.80. The van der Waals surface area contributed by atoms with Crippen molar-refractivity contribution in [3.63, 3.8) is 0 Å². The number of hydrogen-bond acceptors (Lipinski definition) is 2. The minimum absolute atomic E-state index is 0.0950. The van der Waals surface area contributed by atoms with Gasteiger partial charge in [-0.15, -0.1) is 0 Å². The summed E-state index contributed by atoms with van der Waals surface area (Å²) in [5, 5.41) is 0. The van der Waals surface area contributed by atoms with Crippen LogP contribution in [0.5, 0.6) is 0 Å². The van der Waals surface area contributed by atoms with E-state index in [0.29, 0.717) is 12.5 Å². The normalized spacial score (nSPS) is 14.5. The molecule has 3 nitrogen and oxygen atoms in total. The molecule has 2 aromatic rings. The van der Waals surface area contributed by atoms with Crippen LogP contribution in [-0.2, 0) is 5.54 Å². The average molecular weight is 271 g/mol. The van der Waals surface area contributed by atoms with Gasteiger partial charge < -0.3 is 10.3 Å². The van der Waals surface area contributed by atoms with Crippen molar-refractivity contribution in [1.29, 1.82) is 0 Å². The molecule has 0 amide bonds. The van der Waals surface area contributed by atoms with Crippen molar-refractivity contribution in [3.8, 4) is 11.3 Å². The van der Waals surface area contributed by atoms with Crippen molar-refractivity contribution in [3.05, 3.63) is 42.4 Å². The van der Waals surface area contributed by atoms with Crippen LogP contribution in [0.1, 0.15) is 32.8 Å². The summed E-state index contributed by atoms with van der Waals surface area (Å²) in [6.45, 7) is 9.43. The average Bonchev–Trinajstić information content (AvgIpc) is 2.88. The Balaban J connectivity index is 2.50. The van der Waals surface area contributed by atoms with E-state index in [9.17, 15) is 0 Å². The molecule has 1 atom stereocenters. The second-order valence-corrected chi connectivity index (χ2v) is 6.26. The Morgan fingerprint density at radius 2 is 2.00 bits per heavy atom. The summed E-state index contributed by atoms with van der Waals surface area (Å²) in [5.74, 6) is 0.593. The number of rotatable bonds is 5. The number of aryl methyl sites for hydroxylation is 1. The van der Waals surface area contributed by atoms with Gasteiger partial charge >= 0.3 is 0 Å². The first-order valence-corrected chi connectivity index (χ1v) is 7.27. The third kappa shape index (κ3) is 2.78. The van der Waals surface area contributed by atoms with Crippen LogP contribution in [0, 0.1) is 12.8 Å². The molecule has 0 spiro atoms. The SMILES string of the molecule is Cc1ccccc1-c1cncn1C(C)(CN)CC(C)C. The lowest BCUT2D eigenvalue weighted by molar-refractivity contribution is 0.267.